The highest BCUT2D eigenvalue weighted by atomic mass is 16.2. The molecule has 0 N–H and O–H groups in total. The van der Waals surface area contributed by atoms with Crippen LogP contribution in [0.25, 0.3) is 0 Å². The van der Waals surface area contributed by atoms with E-state index < -0.39 is 0 Å². The molecular weight excluding hydrogens is 326 g/mol. The van der Waals surface area contributed by atoms with Crippen molar-refractivity contribution in [2.45, 2.75) is 70.8 Å². The maximum absolute atomic E-state index is 12.8. The summed E-state index contributed by atoms with van der Waals surface area (Å²) in [5, 5.41) is 4.59. The van der Waals surface area contributed by atoms with Crippen LogP contribution in [-0.2, 0) is 11.3 Å². The first-order valence-corrected chi connectivity index (χ1v) is 10.5. The van der Waals surface area contributed by atoms with Crippen LogP contribution in [0.5, 0.6) is 0 Å². The van der Waals surface area contributed by atoms with E-state index in [9.17, 15) is 9.59 Å². The average molecular weight is 357 g/mol. The van der Waals surface area contributed by atoms with Gasteiger partial charge in [-0.3, -0.25) is 9.59 Å². The molecule has 1 amide bonds. The Morgan fingerprint density at radius 3 is 2.38 bits per heavy atom. The van der Waals surface area contributed by atoms with Crippen LogP contribution in [-0.4, -0.2) is 33.7 Å². The van der Waals surface area contributed by atoms with E-state index >= 15 is 0 Å². The first-order chi connectivity index (χ1) is 12.6. The third-order valence-electron chi connectivity index (χ3n) is 6.61. The Bertz CT molecular complexity index is 693. The summed E-state index contributed by atoms with van der Waals surface area (Å²) in [7, 11) is 0. The molecule has 0 spiro atoms. The summed E-state index contributed by atoms with van der Waals surface area (Å²) in [6.07, 6.45) is 8.88. The van der Waals surface area contributed by atoms with E-state index in [4.69, 9.17) is 0 Å². The lowest BCUT2D eigenvalue weighted by molar-refractivity contribution is -0.138. The number of carbonyl (C=O) groups excluding carboxylic acids is 1. The second-order valence-corrected chi connectivity index (χ2v) is 8.78. The summed E-state index contributed by atoms with van der Waals surface area (Å²) in [6.45, 7) is 4.67. The Labute approximate surface area is 155 Å². The smallest absolute Gasteiger partial charge is 0.266 e. The molecule has 2 aliphatic carbocycles. The van der Waals surface area contributed by atoms with Gasteiger partial charge < -0.3 is 4.90 Å². The molecule has 1 aromatic rings. The molecular formula is C21H31N3O2. The van der Waals surface area contributed by atoms with Gasteiger partial charge in [-0.25, -0.2) is 4.68 Å². The van der Waals surface area contributed by atoms with Gasteiger partial charge in [0.05, 0.1) is 5.69 Å². The fraction of sp³-hybridized carbons (Fsp3) is 0.762. The summed E-state index contributed by atoms with van der Waals surface area (Å²) in [5.41, 5.74) is 1.08. The van der Waals surface area contributed by atoms with E-state index in [1.165, 1.54) is 25.7 Å². The van der Waals surface area contributed by atoms with E-state index in [1.54, 1.807) is 10.7 Å². The van der Waals surface area contributed by atoms with Gasteiger partial charge in [-0.1, -0.05) is 6.92 Å². The molecule has 0 aromatic carbocycles. The highest BCUT2D eigenvalue weighted by Crippen LogP contribution is 2.38. The maximum Gasteiger partial charge on any atom is 0.266 e. The Morgan fingerprint density at radius 1 is 1.04 bits per heavy atom. The van der Waals surface area contributed by atoms with Crippen LogP contribution >= 0.6 is 0 Å². The fourth-order valence-electron chi connectivity index (χ4n) is 4.54. The topological polar surface area (TPSA) is 55.2 Å². The standard InChI is InChI=1S/C21H31N3O2/c1-15-2-4-18(5-3-15)21(26)23-12-10-16(11-13-23)14-24-20(25)9-8-19(22-24)17-6-7-17/h8-9,15-18H,2-7,10-14H2,1H3. The van der Waals surface area contributed by atoms with Crippen molar-refractivity contribution in [1.82, 2.24) is 14.7 Å². The zero-order valence-electron chi connectivity index (χ0n) is 15.9. The predicted octanol–water partition coefficient (Wildman–Crippen LogP) is 3.19. The molecule has 0 bridgehead atoms. The number of amides is 1. The van der Waals surface area contributed by atoms with E-state index in [0.717, 1.165) is 50.4 Å². The molecule has 1 saturated heterocycles. The molecule has 1 aliphatic heterocycles. The molecule has 0 unspecified atom stereocenters. The van der Waals surface area contributed by atoms with Crippen LogP contribution in [0, 0.1) is 17.8 Å². The molecule has 2 saturated carbocycles. The number of carbonyl (C=O) groups is 1. The second-order valence-electron chi connectivity index (χ2n) is 8.78. The van der Waals surface area contributed by atoms with E-state index in [0.29, 0.717) is 24.3 Å². The van der Waals surface area contributed by atoms with Gasteiger partial charge in [0.15, 0.2) is 0 Å². The number of likely N-dealkylation sites (tertiary alicyclic amines) is 1. The van der Waals surface area contributed by atoms with Crippen molar-refractivity contribution in [3.05, 3.63) is 28.2 Å². The third kappa shape index (κ3) is 4.02. The third-order valence-corrected chi connectivity index (χ3v) is 6.61. The average Bonchev–Trinajstić information content (AvgIpc) is 3.49. The molecule has 3 fully saturated rings. The molecule has 26 heavy (non-hydrogen) atoms. The molecule has 1 aromatic heterocycles. The highest BCUT2D eigenvalue weighted by molar-refractivity contribution is 5.79. The van der Waals surface area contributed by atoms with E-state index in [-0.39, 0.29) is 11.5 Å². The highest BCUT2D eigenvalue weighted by Gasteiger charge is 2.31. The van der Waals surface area contributed by atoms with Gasteiger partial charge in [0.1, 0.15) is 0 Å². The van der Waals surface area contributed by atoms with Crippen LogP contribution < -0.4 is 5.56 Å². The van der Waals surface area contributed by atoms with Gasteiger partial charge in [-0.05, 0) is 69.3 Å². The molecule has 3 aliphatic rings. The zero-order chi connectivity index (χ0) is 18.1. The first kappa shape index (κ1) is 17.7. The molecule has 0 radical (unpaired) electrons. The summed E-state index contributed by atoms with van der Waals surface area (Å²) >= 11 is 0. The molecule has 142 valence electrons. The Hall–Kier alpha value is -1.65. The number of hydrogen-bond donors (Lipinski definition) is 0. The quantitative estimate of drug-likeness (QED) is 0.831. The minimum Gasteiger partial charge on any atom is -0.342 e. The number of nitrogens with zero attached hydrogens (tertiary/aromatic N) is 3. The number of hydrogen-bond acceptors (Lipinski definition) is 3. The van der Waals surface area contributed by atoms with Crippen molar-refractivity contribution in [2.24, 2.45) is 17.8 Å². The van der Waals surface area contributed by atoms with Crippen LogP contribution in [0.1, 0.15) is 69.9 Å². The van der Waals surface area contributed by atoms with Gasteiger partial charge in [-0.2, -0.15) is 5.10 Å². The number of rotatable bonds is 4. The van der Waals surface area contributed by atoms with E-state index in [1.807, 2.05) is 6.07 Å². The monoisotopic (exact) mass is 357 g/mol. The van der Waals surface area contributed by atoms with Crippen LogP contribution in [0.15, 0.2) is 16.9 Å². The van der Waals surface area contributed by atoms with E-state index in [2.05, 4.69) is 16.9 Å². The molecule has 5 heteroatoms. The van der Waals surface area contributed by atoms with Crippen LogP contribution in [0.3, 0.4) is 0 Å². The lowest BCUT2D eigenvalue weighted by atomic mass is 9.82. The Morgan fingerprint density at radius 2 is 1.73 bits per heavy atom. The van der Waals surface area contributed by atoms with Crippen molar-refractivity contribution >= 4 is 5.91 Å². The van der Waals surface area contributed by atoms with Gasteiger partial charge in [0, 0.05) is 37.5 Å². The van der Waals surface area contributed by atoms with Crippen molar-refractivity contribution in [3.8, 4) is 0 Å². The zero-order valence-corrected chi connectivity index (χ0v) is 15.9. The van der Waals surface area contributed by atoms with Gasteiger partial charge in [-0.15, -0.1) is 0 Å². The lowest BCUT2D eigenvalue weighted by Crippen LogP contribution is -2.43. The van der Waals surface area contributed by atoms with Gasteiger partial charge in [0.2, 0.25) is 5.91 Å². The summed E-state index contributed by atoms with van der Waals surface area (Å²) in [4.78, 5) is 27.0. The molecule has 2 heterocycles. The molecule has 4 rings (SSSR count). The summed E-state index contributed by atoms with van der Waals surface area (Å²) in [5.74, 6) is 2.43. The number of aromatic nitrogens is 2. The maximum atomic E-state index is 12.8. The Kier molecular flexibility index (Phi) is 5.14. The largest absolute Gasteiger partial charge is 0.342 e. The second kappa shape index (κ2) is 7.53. The van der Waals surface area contributed by atoms with Crippen molar-refractivity contribution < 1.29 is 4.79 Å². The summed E-state index contributed by atoms with van der Waals surface area (Å²) in [6, 6.07) is 3.56. The molecule has 0 atom stereocenters. The number of piperidine rings is 1. The van der Waals surface area contributed by atoms with Crippen molar-refractivity contribution in [2.75, 3.05) is 13.1 Å². The minimum atomic E-state index is 0.00392. The minimum absolute atomic E-state index is 0.00392. The fourth-order valence-corrected chi connectivity index (χ4v) is 4.54. The van der Waals surface area contributed by atoms with Gasteiger partial charge in [0.25, 0.3) is 5.56 Å². The van der Waals surface area contributed by atoms with Gasteiger partial charge >= 0.3 is 0 Å². The SMILES string of the molecule is CC1CCC(C(=O)N2CCC(Cn3nc(C4CC4)ccc3=O)CC2)CC1. The lowest BCUT2D eigenvalue weighted by Gasteiger charge is -2.36. The van der Waals surface area contributed by atoms with Crippen LogP contribution in [0.4, 0.5) is 0 Å². The normalized spacial score (nSPS) is 27.5. The van der Waals surface area contributed by atoms with Crippen LogP contribution in [0.2, 0.25) is 0 Å². The van der Waals surface area contributed by atoms with Crippen molar-refractivity contribution in [1.29, 1.82) is 0 Å². The predicted molar refractivity (Wildman–Crippen MR) is 101 cm³/mol. The molecule has 5 nitrogen and oxygen atoms in total. The first-order valence-electron chi connectivity index (χ1n) is 10.5. The summed E-state index contributed by atoms with van der Waals surface area (Å²) < 4.78 is 1.67. The Balaban J connectivity index is 1.30. The van der Waals surface area contributed by atoms with Crippen molar-refractivity contribution in [3.63, 3.8) is 0 Å².